The lowest BCUT2D eigenvalue weighted by molar-refractivity contribution is -0.384. The summed E-state index contributed by atoms with van der Waals surface area (Å²) in [5, 5.41) is 10.7. The van der Waals surface area contributed by atoms with Crippen molar-refractivity contribution in [2.24, 2.45) is 0 Å². The molecule has 8 heteroatoms. The van der Waals surface area contributed by atoms with Crippen molar-refractivity contribution < 1.29 is 4.92 Å². The number of benzene rings is 1. The van der Waals surface area contributed by atoms with Gasteiger partial charge in [0, 0.05) is 27.3 Å². The molecule has 0 saturated heterocycles. The standard InChI is InChI=1S/C12H7Br3N2O3/c13-8-3-11(15)12(18)16(6-8)5-7-1-2-9(17(19)20)4-10(7)14/h1-4,6H,5H2. The number of nitro groups is 1. The number of hydrogen-bond donors (Lipinski definition) is 0. The fourth-order valence-corrected chi connectivity index (χ4v) is 3.39. The Hall–Kier alpha value is -0.990. The lowest BCUT2D eigenvalue weighted by Gasteiger charge is -2.09. The van der Waals surface area contributed by atoms with E-state index in [1.54, 1.807) is 18.3 Å². The molecule has 2 rings (SSSR count). The van der Waals surface area contributed by atoms with Crippen LogP contribution in [0.2, 0.25) is 0 Å². The molecule has 0 bridgehead atoms. The summed E-state index contributed by atoms with van der Waals surface area (Å²) >= 11 is 9.81. The van der Waals surface area contributed by atoms with Crippen LogP contribution >= 0.6 is 47.8 Å². The minimum Gasteiger partial charge on any atom is -0.309 e. The van der Waals surface area contributed by atoms with Crippen molar-refractivity contribution >= 4 is 53.5 Å². The smallest absolute Gasteiger partial charge is 0.270 e. The van der Waals surface area contributed by atoms with Gasteiger partial charge in [-0.1, -0.05) is 15.9 Å². The van der Waals surface area contributed by atoms with Crippen molar-refractivity contribution in [3.05, 3.63) is 69.9 Å². The molecule has 0 radical (unpaired) electrons. The summed E-state index contributed by atoms with van der Waals surface area (Å²) < 4.78 is 3.32. The van der Waals surface area contributed by atoms with Crippen molar-refractivity contribution in [2.75, 3.05) is 0 Å². The Labute approximate surface area is 139 Å². The number of nitro benzene ring substituents is 1. The number of halogens is 3. The van der Waals surface area contributed by atoms with Crippen molar-refractivity contribution in [1.82, 2.24) is 4.57 Å². The highest BCUT2D eigenvalue weighted by Gasteiger charge is 2.11. The number of aromatic nitrogens is 1. The average Bonchev–Trinajstić information content (AvgIpc) is 2.37. The first-order valence-electron chi connectivity index (χ1n) is 5.37. The van der Waals surface area contributed by atoms with Crippen molar-refractivity contribution in [3.63, 3.8) is 0 Å². The second-order valence-electron chi connectivity index (χ2n) is 3.97. The minimum atomic E-state index is -0.462. The first kappa shape index (κ1) is 15.4. The molecule has 0 amide bonds. The van der Waals surface area contributed by atoms with Crippen LogP contribution < -0.4 is 5.56 Å². The van der Waals surface area contributed by atoms with Gasteiger partial charge in [-0.25, -0.2) is 0 Å². The van der Waals surface area contributed by atoms with Crippen molar-refractivity contribution in [1.29, 1.82) is 0 Å². The van der Waals surface area contributed by atoms with Gasteiger partial charge in [0.25, 0.3) is 11.2 Å². The largest absolute Gasteiger partial charge is 0.309 e. The van der Waals surface area contributed by atoms with Crippen LogP contribution in [0.15, 0.2) is 48.7 Å². The molecule has 1 aromatic carbocycles. The topological polar surface area (TPSA) is 65.1 Å². The predicted octanol–water partition coefficient (Wildman–Crippen LogP) is 4.09. The summed E-state index contributed by atoms with van der Waals surface area (Å²) in [5.41, 5.74) is 0.615. The molecule has 0 aliphatic rings. The van der Waals surface area contributed by atoms with Crippen LogP contribution in [-0.4, -0.2) is 9.49 Å². The van der Waals surface area contributed by atoms with E-state index >= 15 is 0 Å². The molecule has 0 N–H and O–H groups in total. The summed E-state index contributed by atoms with van der Waals surface area (Å²) in [6, 6.07) is 6.14. The van der Waals surface area contributed by atoms with Gasteiger partial charge < -0.3 is 4.57 Å². The molecule has 1 aromatic heterocycles. The summed E-state index contributed by atoms with van der Waals surface area (Å²) in [5.74, 6) is 0. The van der Waals surface area contributed by atoms with E-state index in [1.807, 2.05) is 0 Å². The molecule has 2 aromatic rings. The number of nitrogens with zero attached hydrogens (tertiary/aromatic N) is 2. The second-order valence-corrected chi connectivity index (χ2v) is 6.60. The quantitative estimate of drug-likeness (QED) is 0.505. The molecule has 0 atom stereocenters. The Morgan fingerprint density at radius 3 is 2.45 bits per heavy atom. The Bertz CT molecular complexity index is 743. The fraction of sp³-hybridized carbons (Fsp3) is 0.0833. The van der Waals surface area contributed by atoms with Crippen LogP contribution in [0.4, 0.5) is 5.69 Å². The zero-order chi connectivity index (χ0) is 14.9. The third-order valence-electron chi connectivity index (χ3n) is 2.60. The Morgan fingerprint density at radius 2 is 1.85 bits per heavy atom. The molecule has 0 aliphatic heterocycles. The van der Waals surface area contributed by atoms with E-state index < -0.39 is 4.92 Å². The van der Waals surface area contributed by atoms with E-state index in [0.29, 0.717) is 15.5 Å². The highest BCUT2D eigenvalue weighted by Crippen LogP contribution is 2.24. The van der Waals surface area contributed by atoms with Gasteiger partial charge >= 0.3 is 0 Å². The van der Waals surface area contributed by atoms with Crippen LogP contribution in [0.3, 0.4) is 0 Å². The molecular formula is C12H7Br3N2O3. The predicted molar refractivity (Wildman–Crippen MR) is 86.0 cm³/mol. The summed E-state index contributed by atoms with van der Waals surface area (Å²) in [4.78, 5) is 22.2. The van der Waals surface area contributed by atoms with Crippen molar-refractivity contribution in [2.45, 2.75) is 6.54 Å². The summed E-state index contributed by atoms with van der Waals surface area (Å²) in [6.45, 7) is 0.315. The number of non-ortho nitro benzene ring substituents is 1. The summed E-state index contributed by atoms with van der Waals surface area (Å²) in [6.07, 6.45) is 1.67. The minimum absolute atomic E-state index is 0.00314. The first-order chi connectivity index (χ1) is 9.38. The maximum Gasteiger partial charge on any atom is 0.270 e. The monoisotopic (exact) mass is 464 g/mol. The number of pyridine rings is 1. The maximum absolute atomic E-state index is 12.0. The van der Waals surface area contributed by atoms with Gasteiger partial charge in [-0.15, -0.1) is 0 Å². The Morgan fingerprint density at radius 1 is 1.15 bits per heavy atom. The van der Waals surface area contributed by atoms with Crippen LogP contribution in [0.1, 0.15) is 5.56 Å². The van der Waals surface area contributed by atoms with E-state index in [9.17, 15) is 14.9 Å². The third-order valence-corrected chi connectivity index (χ3v) is 4.34. The maximum atomic E-state index is 12.0. The van der Waals surface area contributed by atoms with Gasteiger partial charge in [0.05, 0.1) is 15.9 Å². The van der Waals surface area contributed by atoms with Crippen LogP contribution in [0.5, 0.6) is 0 Å². The lowest BCUT2D eigenvalue weighted by Crippen LogP contribution is -2.20. The zero-order valence-electron chi connectivity index (χ0n) is 9.85. The zero-order valence-corrected chi connectivity index (χ0v) is 14.6. The van der Waals surface area contributed by atoms with Gasteiger partial charge in [-0.05, 0) is 49.6 Å². The molecular weight excluding hydrogens is 460 g/mol. The fourth-order valence-electron chi connectivity index (χ4n) is 1.64. The first-order valence-corrected chi connectivity index (χ1v) is 7.74. The van der Waals surface area contributed by atoms with Crippen LogP contribution in [0.25, 0.3) is 0 Å². The highest BCUT2D eigenvalue weighted by atomic mass is 79.9. The number of hydrogen-bond acceptors (Lipinski definition) is 3. The lowest BCUT2D eigenvalue weighted by atomic mass is 10.2. The molecule has 5 nitrogen and oxygen atoms in total. The molecule has 104 valence electrons. The van der Waals surface area contributed by atoms with Gasteiger partial charge in [0.2, 0.25) is 0 Å². The molecule has 0 aliphatic carbocycles. The van der Waals surface area contributed by atoms with Crippen molar-refractivity contribution in [3.8, 4) is 0 Å². The van der Waals surface area contributed by atoms with E-state index in [0.717, 1.165) is 10.0 Å². The Kier molecular flexibility index (Phi) is 4.77. The van der Waals surface area contributed by atoms with Gasteiger partial charge in [-0.2, -0.15) is 0 Å². The molecule has 0 fully saturated rings. The highest BCUT2D eigenvalue weighted by molar-refractivity contribution is 9.11. The molecule has 20 heavy (non-hydrogen) atoms. The van der Waals surface area contributed by atoms with Gasteiger partial charge in [0.15, 0.2) is 0 Å². The molecule has 0 saturated carbocycles. The molecule has 0 spiro atoms. The average molecular weight is 467 g/mol. The van der Waals surface area contributed by atoms with E-state index in [-0.39, 0.29) is 11.2 Å². The normalized spacial score (nSPS) is 10.6. The van der Waals surface area contributed by atoms with Gasteiger partial charge in [0.1, 0.15) is 0 Å². The van der Waals surface area contributed by atoms with E-state index in [4.69, 9.17) is 0 Å². The third kappa shape index (κ3) is 3.36. The van der Waals surface area contributed by atoms with E-state index in [2.05, 4.69) is 47.8 Å². The number of rotatable bonds is 3. The van der Waals surface area contributed by atoms with Crippen LogP contribution in [0, 0.1) is 10.1 Å². The molecule has 1 heterocycles. The SMILES string of the molecule is O=c1c(Br)cc(Br)cn1Cc1ccc([N+](=O)[O-])cc1Br. The second kappa shape index (κ2) is 6.19. The summed E-state index contributed by atoms with van der Waals surface area (Å²) in [7, 11) is 0. The van der Waals surface area contributed by atoms with E-state index in [1.165, 1.54) is 16.7 Å². The van der Waals surface area contributed by atoms with Crippen LogP contribution in [-0.2, 0) is 6.54 Å². The van der Waals surface area contributed by atoms with Gasteiger partial charge in [-0.3, -0.25) is 14.9 Å². The molecule has 0 unspecified atom stereocenters. The Balaban J connectivity index is 2.41.